The number of likely N-dealkylation sites (N-methyl/N-ethyl adjacent to an activating group) is 1. The number of thiophene rings is 2. The molecule has 0 aromatic carbocycles. The van der Waals surface area contributed by atoms with Crippen LogP contribution in [0.4, 0.5) is 26.3 Å². The molecule has 4 aromatic rings. The number of piperazine rings is 1. The summed E-state index contributed by atoms with van der Waals surface area (Å²) in [5.41, 5.74) is 5.98. The quantitative estimate of drug-likeness (QED) is 0.296. The Morgan fingerprint density at radius 3 is 2.07 bits per heavy atom. The summed E-state index contributed by atoms with van der Waals surface area (Å²) in [7, 11) is 2.19. The highest BCUT2D eigenvalue weighted by atomic mass is 32.1. The van der Waals surface area contributed by atoms with Gasteiger partial charge in [-0.05, 0) is 57.9 Å². The van der Waals surface area contributed by atoms with Crippen molar-refractivity contribution >= 4 is 40.1 Å². The first-order chi connectivity index (χ1) is 19.2. The van der Waals surface area contributed by atoms with Crippen molar-refractivity contribution < 1.29 is 46.1 Å². The van der Waals surface area contributed by atoms with Gasteiger partial charge in [0.15, 0.2) is 0 Å². The van der Waals surface area contributed by atoms with Crippen LogP contribution in [0.25, 0.3) is 16.6 Å². The predicted molar refractivity (Wildman–Crippen MR) is 139 cm³/mol. The largest absolute Gasteiger partial charge is 0.490 e. The van der Waals surface area contributed by atoms with Gasteiger partial charge in [0.1, 0.15) is 5.69 Å². The summed E-state index contributed by atoms with van der Waals surface area (Å²) in [4.78, 5) is 22.7. The smallest absolute Gasteiger partial charge is 0.475 e. The number of rotatable bonds is 4. The van der Waals surface area contributed by atoms with E-state index in [1.54, 1.807) is 22.7 Å². The molecule has 0 radical (unpaired) electrons. The van der Waals surface area contributed by atoms with E-state index in [2.05, 4.69) is 79.1 Å². The van der Waals surface area contributed by atoms with E-state index in [1.807, 2.05) is 4.52 Å². The first kappa shape index (κ1) is 32.0. The van der Waals surface area contributed by atoms with Crippen LogP contribution in [-0.2, 0) is 16.1 Å². The normalized spacial score (nSPS) is 16.4. The van der Waals surface area contributed by atoms with Crippen LogP contribution >= 0.6 is 22.7 Å². The molecule has 17 heteroatoms. The van der Waals surface area contributed by atoms with Crippen LogP contribution in [0.1, 0.15) is 17.3 Å². The molecular formula is C24H23F6N5O4S2. The first-order valence-electron chi connectivity index (χ1n) is 11.6. The molecule has 0 spiro atoms. The predicted octanol–water partition coefficient (Wildman–Crippen LogP) is 5.27. The molecule has 4 aromatic heterocycles. The fraction of sp³-hybridized carbons (Fsp3) is 0.333. The number of carboxylic acids is 2. The van der Waals surface area contributed by atoms with Crippen LogP contribution in [0.2, 0.25) is 0 Å². The molecular weight excluding hydrogens is 600 g/mol. The van der Waals surface area contributed by atoms with E-state index in [-0.39, 0.29) is 6.04 Å². The Kier molecular flexibility index (Phi) is 10.5. The Balaban J connectivity index is 0.000000276. The van der Waals surface area contributed by atoms with E-state index < -0.39 is 24.3 Å². The third-order valence-corrected chi connectivity index (χ3v) is 7.23. The third kappa shape index (κ3) is 8.97. The molecule has 1 aliphatic rings. The standard InChI is InChI=1S/C20H21N5S2.2C2HF3O2/c1-23-6-7-24(10-15-4-8-26-13-15)12-19(23)20-18-3-2-16(11-25(18)22-21-20)17-5-9-27-14-17;2*3-2(4,5)1(6)7/h2-5,8-9,11,13-14,19H,6-7,10,12H2,1H3;2*(H,6,7). The number of carbonyl (C=O) groups is 2. The van der Waals surface area contributed by atoms with Gasteiger partial charge < -0.3 is 10.2 Å². The zero-order valence-corrected chi connectivity index (χ0v) is 22.8. The maximum atomic E-state index is 10.6. The van der Waals surface area contributed by atoms with Gasteiger partial charge in [-0.25, -0.2) is 14.1 Å². The minimum Gasteiger partial charge on any atom is -0.475 e. The lowest BCUT2D eigenvalue weighted by Crippen LogP contribution is -2.46. The molecule has 5 rings (SSSR count). The second-order valence-electron chi connectivity index (χ2n) is 8.70. The molecule has 41 heavy (non-hydrogen) atoms. The van der Waals surface area contributed by atoms with E-state index in [1.165, 1.54) is 16.7 Å². The molecule has 1 fully saturated rings. The van der Waals surface area contributed by atoms with Gasteiger partial charge in [0.2, 0.25) is 0 Å². The van der Waals surface area contributed by atoms with Crippen molar-refractivity contribution in [2.45, 2.75) is 24.9 Å². The highest BCUT2D eigenvalue weighted by molar-refractivity contribution is 7.08. The number of halogens is 6. The molecule has 0 bridgehead atoms. The number of aliphatic carboxylic acids is 2. The van der Waals surface area contributed by atoms with Crippen molar-refractivity contribution in [1.29, 1.82) is 0 Å². The van der Waals surface area contributed by atoms with Gasteiger partial charge >= 0.3 is 24.3 Å². The van der Waals surface area contributed by atoms with Crippen molar-refractivity contribution in [3.63, 3.8) is 0 Å². The zero-order chi connectivity index (χ0) is 30.4. The average Bonchev–Trinajstić information content (AvgIpc) is 3.67. The van der Waals surface area contributed by atoms with E-state index in [9.17, 15) is 26.3 Å². The highest BCUT2D eigenvalue weighted by Gasteiger charge is 2.39. The van der Waals surface area contributed by atoms with Crippen molar-refractivity contribution in [1.82, 2.24) is 24.6 Å². The Bertz CT molecular complexity index is 1400. The van der Waals surface area contributed by atoms with Crippen molar-refractivity contribution in [3.8, 4) is 11.1 Å². The van der Waals surface area contributed by atoms with Gasteiger partial charge in [-0.3, -0.25) is 9.80 Å². The number of alkyl halides is 6. The zero-order valence-electron chi connectivity index (χ0n) is 21.1. The van der Waals surface area contributed by atoms with Gasteiger partial charge in [0, 0.05) is 37.9 Å². The molecule has 222 valence electrons. The Morgan fingerprint density at radius 1 is 0.927 bits per heavy atom. The van der Waals surface area contributed by atoms with Crippen LogP contribution in [0.3, 0.4) is 0 Å². The van der Waals surface area contributed by atoms with Gasteiger partial charge in [0.05, 0.1) is 11.6 Å². The molecule has 2 N–H and O–H groups in total. The summed E-state index contributed by atoms with van der Waals surface area (Å²) in [6.07, 6.45) is -8.08. The lowest BCUT2D eigenvalue weighted by Gasteiger charge is -2.38. The van der Waals surface area contributed by atoms with Crippen LogP contribution < -0.4 is 0 Å². The van der Waals surface area contributed by atoms with Crippen molar-refractivity contribution in [2.75, 3.05) is 26.7 Å². The third-order valence-electron chi connectivity index (χ3n) is 5.81. The Morgan fingerprint density at radius 2 is 1.54 bits per heavy atom. The molecule has 1 aliphatic heterocycles. The van der Waals surface area contributed by atoms with E-state index in [0.717, 1.165) is 37.4 Å². The number of aromatic nitrogens is 3. The second-order valence-corrected chi connectivity index (χ2v) is 10.3. The van der Waals surface area contributed by atoms with Crippen LogP contribution in [0.5, 0.6) is 0 Å². The number of pyridine rings is 1. The molecule has 1 atom stereocenters. The van der Waals surface area contributed by atoms with Gasteiger partial charge in [-0.1, -0.05) is 11.3 Å². The molecule has 0 amide bonds. The van der Waals surface area contributed by atoms with Crippen molar-refractivity contribution in [3.05, 3.63) is 63.2 Å². The fourth-order valence-electron chi connectivity index (χ4n) is 3.76. The molecule has 1 saturated heterocycles. The molecule has 9 nitrogen and oxygen atoms in total. The van der Waals surface area contributed by atoms with E-state index in [4.69, 9.17) is 19.8 Å². The highest BCUT2D eigenvalue weighted by Crippen LogP contribution is 2.29. The number of hydrogen-bond donors (Lipinski definition) is 2. The maximum absolute atomic E-state index is 10.6. The van der Waals surface area contributed by atoms with Gasteiger partial charge in [-0.15, -0.1) is 5.10 Å². The minimum atomic E-state index is -5.08. The lowest BCUT2D eigenvalue weighted by molar-refractivity contribution is -0.193. The molecule has 0 saturated carbocycles. The maximum Gasteiger partial charge on any atom is 0.490 e. The number of nitrogens with zero attached hydrogens (tertiary/aromatic N) is 5. The summed E-state index contributed by atoms with van der Waals surface area (Å²) in [6.45, 7) is 4.12. The van der Waals surface area contributed by atoms with E-state index >= 15 is 0 Å². The summed E-state index contributed by atoms with van der Waals surface area (Å²) < 4.78 is 65.4. The van der Waals surface area contributed by atoms with Crippen LogP contribution in [-0.4, -0.2) is 85.8 Å². The Hall–Kier alpha value is -3.54. The van der Waals surface area contributed by atoms with E-state index in [0.29, 0.717) is 0 Å². The summed E-state index contributed by atoms with van der Waals surface area (Å²) >= 11 is 3.48. The van der Waals surface area contributed by atoms with Crippen LogP contribution in [0.15, 0.2) is 52.0 Å². The minimum absolute atomic E-state index is 0.266. The summed E-state index contributed by atoms with van der Waals surface area (Å²) in [6, 6.07) is 8.96. The molecule has 0 aliphatic carbocycles. The molecule has 5 heterocycles. The summed E-state index contributed by atoms with van der Waals surface area (Å²) in [5.74, 6) is -5.51. The lowest BCUT2D eigenvalue weighted by atomic mass is 10.1. The number of hydrogen-bond acceptors (Lipinski definition) is 8. The Labute approximate surface area is 236 Å². The van der Waals surface area contributed by atoms with Crippen molar-refractivity contribution in [2.24, 2.45) is 0 Å². The summed E-state index contributed by atoms with van der Waals surface area (Å²) in [5, 5.41) is 31.9. The van der Waals surface area contributed by atoms with Gasteiger partial charge in [-0.2, -0.15) is 49.0 Å². The van der Waals surface area contributed by atoms with Crippen LogP contribution in [0, 0.1) is 0 Å². The molecule has 1 unspecified atom stereocenters. The first-order valence-corrected chi connectivity index (χ1v) is 13.5. The SMILES string of the molecule is CN1CCN(Cc2ccsc2)CC1c1nnn2cc(-c3ccsc3)ccc12.O=C(O)C(F)(F)F.O=C(O)C(F)(F)F. The average molecular weight is 624 g/mol. The topological polar surface area (TPSA) is 111 Å². The number of fused-ring (bicyclic) bond motifs is 1. The fourth-order valence-corrected chi connectivity index (χ4v) is 5.09. The monoisotopic (exact) mass is 623 g/mol. The number of carboxylic acid groups (broad SMARTS) is 2. The second kappa shape index (κ2) is 13.4. The van der Waals surface area contributed by atoms with Gasteiger partial charge in [0.25, 0.3) is 0 Å².